The molecule has 1 aromatic carbocycles. The smallest absolute Gasteiger partial charge is 0.256 e. The maximum atomic E-state index is 12.5. The highest BCUT2D eigenvalue weighted by atomic mass is 35.5. The van der Waals surface area contributed by atoms with Gasteiger partial charge in [-0.1, -0.05) is 24.6 Å². The van der Waals surface area contributed by atoms with Gasteiger partial charge in [-0.3, -0.25) is 9.59 Å². The second kappa shape index (κ2) is 6.57. The molecule has 0 unspecified atom stereocenters. The number of hydrogen-bond donors (Lipinski definition) is 2. The molecule has 24 heavy (non-hydrogen) atoms. The van der Waals surface area contributed by atoms with E-state index in [4.69, 9.17) is 17.3 Å². The Bertz CT molecular complexity index is 829. The first kappa shape index (κ1) is 17.0. The van der Waals surface area contributed by atoms with Crippen LogP contribution in [0.15, 0.2) is 18.2 Å². The zero-order valence-corrected chi connectivity index (χ0v) is 15.2. The first-order chi connectivity index (χ1) is 11.4. The van der Waals surface area contributed by atoms with Crippen LogP contribution >= 0.6 is 22.9 Å². The molecular weight excluding hydrogens is 344 g/mol. The number of nitrogens with two attached hydrogens (primary N) is 1. The lowest BCUT2D eigenvalue weighted by atomic mass is 9.88. The van der Waals surface area contributed by atoms with Gasteiger partial charge in [0.15, 0.2) is 0 Å². The van der Waals surface area contributed by atoms with Gasteiger partial charge < -0.3 is 11.1 Å². The van der Waals surface area contributed by atoms with E-state index in [-0.39, 0.29) is 5.91 Å². The third kappa shape index (κ3) is 3.19. The molecule has 0 fully saturated rings. The van der Waals surface area contributed by atoms with E-state index in [1.807, 2.05) is 6.92 Å². The topological polar surface area (TPSA) is 72.2 Å². The van der Waals surface area contributed by atoms with Gasteiger partial charge in [-0.05, 0) is 55.4 Å². The zero-order valence-electron chi connectivity index (χ0n) is 13.6. The number of fused-ring (bicyclic) bond motifs is 1. The average molecular weight is 363 g/mol. The van der Waals surface area contributed by atoms with Crippen molar-refractivity contribution < 1.29 is 9.59 Å². The molecule has 1 atom stereocenters. The van der Waals surface area contributed by atoms with Crippen LogP contribution in [0.1, 0.15) is 50.1 Å². The number of anilines is 1. The predicted molar refractivity (Wildman–Crippen MR) is 98.2 cm³/mol. The standard InChI is InChI=1S/C18H19ClN2O2S/c1-9-3-6-12-14(7-9)24-18(15(12)16(20)22)21-17(23)11-5-4-10(2)13(19)8-11/h4-5,8-9H,3,6-7H2,1-2H3,(H2,20,22)(H,21,23)/t9-/m0/s1. The van der Waals surface area contributed by atoms with Crippen LogP contribution in [0.25, 0.3) is 0 Å². The van der Waals surface area contributed by atoms with E-state index >= 15 is 0 Å². The summed E-state index contributed by atoms with van der Waals surface area (Å²) < 4.78 is 0. The number of carbonyl (C=O) groups excluding carboxylic acids is 2. The lowest BCUT2D eigenvalue weighted by Gasteiger charge is -2.18. The van der Waals surface area contributed by atoms with Crippen LogP contribution < -0.4 is 11.1 Å². The van der Waals surface area contributed by atoms with Crippen LogP contribution in [0.3, 0.4) is 0 Å². The van der Waals surface area contributed by atoms with Gasteiger partial charge in [0.25, 0.3) is 11.8 Å². The summed E-state index contributed by atoms with van der Waals surface area (Å²) in [6, 6.07) is 5.15. The van der Waals surface area contributed by atoms with Gasteiger partial charge in [0.1, 0.15) is 5.00 Å². The minimum absolute atomic E-state index is 0.286. The van der Waals surface area contributed by atoms with E-state index in [1.165, 1.54) is 11.3 Å². The summed E-state index contributed by atoms with van der Waals surface area (Å²) in [5, 5.41) is 3.93. The summed E-state index contributed by atoms with van der Waals surface area (Å²) in [7, 11) is 0. The number of thiophene rings is 1. The van der Waals surface area contributed by atoms with Crippen LogP contribution in [0.2, 0.25) is 5.02 Å². The van der Waals surface area contributed by atoms with Crippen molar-refractivity contribution in [3.05, 3.63) is 50.4 Å². The Morgan fingerprint density at radius 3 is 2.79 bits per heavy atom. The molecule has 4 nitrogen and oxygen atoms in total. The maximum Gasteiger partial charge on any atom is 0.256 e. The fourth-order valence-electron chi connectivity index (χ4n) is 3.01. The number of aryl methyl sites for hydroxylation is 1. The van der Waals surface area contributed by atoms with Crippen LogP contribution in [0.5, 0.6) is 0 Å². The second-order valence-corrected chi connectivity index (χ2v) is 7.85. The van der Waals surface area contributed by atoms with Crippen LogP contribution in [0.4, 0.5) is 5.00 Å². The minimum Gasteiger partial charge on any atom is -0.365 e. The van der Waals surface area contributed by atoms with Gasteiger partial charge in [-0.15, -0.1) is 11.3 Å². The zero-order chi connectivity index (χ0) is 17.4. The Balaban J connectivity index is 1.93. The van der Waals surface area contributed by atoms with E-state index in [9.17, 15) is 9.59 Å². The van der Waals surface area contributed by atoms with Gasteiger partial charge >= 0.3 is 0 Å². The highest BCUT2D eigenvalue weighted by Gasteiger charge is 2.27. The van der Waals surface area contributed by atoms with Crippen molar-refractivity contribution in [2.75, 3.05) is 5.32 Å². The Kier molecular flexibility index (Phi) is 4.65. The lowest BCUT2D eigenvalue weighted by Crippen LogP contribution is -2.19. The van der Waals surface area contributed by atoms with Gasteiger partial charge in [-0.25, -0.2) is 0 Å². The van der Waals surface area contributed by atoms with E-state index in [1.54, 1.807) is 18.2 Å². The molecule has 2 aromatic rings. The molecule has 3 rings (SSSR count). The van der Waals surface area contributed by atoms with Crippen LogP contribution in [0, 0.1) is 12.8 Å². The number of carbonyl (C=O) groups is 2. The third-order valence-corrected chi connectivity index (χ3v) is 6.00. The van der Waals surface area contributed by atoms with Gasteiger partial charge in [-0.2, -0.15) is 0 Å². The predicted octanol–water partition coefficient (Wildman–Crippen LogP) is 4.19. The van der Waals surface area contributed by atoms with Crippen molar-refractivity contribution >= 4 is 39.8 Å². The molecule has 0 radical (unpaired) electrons. The summed E-state index contributed by atoms with van der Waals surface area (Å²) in [6.45, 7) is 4.07. The highest BCUT2D eigenvalue weighted by molar-refractivity contribution is 7.17. The van der Waals surface area contributed by atoms with E-state index in [0.29, 0.717) is 27.1 Å². The molecule has 1 aliphatic rings. The fourth-order valence-corrected chi connectivity index (χ4v) is 4.60. The number of rotatable bonds is 3. The first-order valence-electron chi connectivity index (χ1n) is 7.88. The van der Waals surface area contributed by atoms with Crippen molar-refractivity contribution in [1.29, 1.82) is 0 Å². The Morgan fingerprint density at radius 1 is 1.38 bits per heavy atom. The van der Waals surface area contributed by atoms with Crippen molar-refractivity contribution in [1.82, 2.24) is 0 Å². The molecule has 1 aliphatic carbocycles. The van der Waals surface area contributed by atoms with E-state index in [2.05, 4.69) is 12.2 Å². The Morgan fingerprint density at radius 2 is 2.12 bits per heavy atom. The monoisotopic (exact) mass is 362 g/mol. The Labute approximate surface area is 150 Å². The summed E-state index contributed by atoms with van der Waals surface area (Å²) >= 11 is 7.55. The summed E-state index contributed by atoms with van der Waals surface area (Å²) in [5.41, 5.74) is 8.41. The molecule has 1 heterocycles. The molecule has 0 aliphatic heterocycles. The number of halogens is 1. The lowest BCUT2D eigenvalue weighted by molar-refractivity contribution is 0.1000. The van der Waals surface area contributed by atoms with Gasteiger partial charge in [0.05, 0.1) is 5.56 Å². The first-order valence-corrected chi connectivity index (χ1v) is 9.08. The SMILES string of the molecule is Cc1ccc(C(=O)Nc2sc3c(c2C(N)=O)CC[C@H](C)C3)cc1Cl. The number of benzene rings is 1. The van der Waals surface area contributed by atoms with Gasteiger partial charge in [0.2, 0.25) is 0 Å². The molecule has 1 aromatic heterocycles. The van der Waals surface area contributed by atoms with Crippen LogP contribution in [-0.4, -0.2) is 11.8 Å². The molecule has 6 heteroatoms. The molecule has 126 valence electrons. The fraction of sp³-hybridized carbons (Fsp3) is 0.333. The van der Waals surface area contributed by atoms with E-state index in [0.717, 1.165) is 35.3 Å². The summed E-state index contributed by atoms with van der Waals surface area (Å²) in [6.07, 6.45) is 2.79. The third-order valence-electron chi connectivity index (χ3n) is 4.42. The molecule has 0 bridgehead atoms. The molecule has 0 spiro atoms. The van der Waals surface area contributed by atoms with Crippen molar-refractivity contribution in [2.45, 2.75) is 33.1 Å². The average Bonchev–Trinajstić information content (AvgIpc) is 2.86. The number of amides is 2. The molecule has 2 amide bonds. The highest BCUT2D eigenvalue weighted by Crippen LogP contribution is 2.39. The number of primary amides is 1. The number of nitrogens with one attached hydrogen (secondary N) is 1. The normalized spacial score (nSPS) is 16.5. The quantitative estimate of drug-likeness (QED) is 0.859. The molecule has 0 saturated heterocycles. The van der Waals surface area contributed by atoms with Crippen molar-refractivity contribution in [2.24, 2.45) is 11.7 Å². The molecular formula is C18H19ClN2O2S. The summed E-state index contributed by atoms with van der Waals surface area (Å²) in [4.78, 5) is 25.6. The Hall–Kier alpha value is -1.85. The maximum absolute atomic E-state index is 12.5. The van der Waals surface area contributed by atoms with Crippen molar-refractivity contribution in [3.8, 4) is 0 Å². The second-order valence-electron chi connectivity index (χ2n) is 6.34. The van der Waals surface area contributed by atoms with Gasteiger partial charge in [0, 0.05) is 15.5 Å². The molecule has 0 saturated carbocycles. The van der Waals surface area contributed by atoms with Crippen LogP contribution in [-0.2, 0) is 12.8 Å². The molecule has 3 N–H and O–H groups in total. The van der Waals surface area contributed by atoms with E-state index < -0.39 is 5.91 Å². The minimum atomic E-state index is -0.487. The summed E-state index contributed by atoms with van der Waals surface area (Å²) in [5.74, 6) is -0.193. The van der Waals surface area contributed by atoms with Crippen molar-refractivity contribution in [3.63, 3.8) is 0 Å². The largest absolute Gasteiger partial charge is 0.365 e. The number of hydrogen-bond acceptors (Lipinski definition) is 3.